The fourth-order valence-electron chi connectivity index (χ4n) is 5.11. The number of terminal acetylenes is 1. The van der Waals surface area contributed by atoms with Gasteiger partial charge in [-0.1, -0.05) is 18.1 Å². The SMILES string of the molecule is C#Cc1cc(N2C3CCC2CN(C(=O)CCS(=O)(=O)c2cccc4nccn24)C3)ccc1C. The molecular weight excluding hydrogens is 436 g/mol. The van der Waals surface area contributed by atoms with E-state index in [1.54, 1.807) is 35.0 Å². The van der Waals surface area contributed by atoms with Crippen LogP contribution in [0.2, 0.25) is 0 Å². The van der Waals surface area contributed by atoms with Crippen LogP contribution in [0, 0.1) is 19.3 Å². The summed E-state index contributed by atoms with van der Waals surface area (Å²) in [6, 6.07) is 11.6. The van der Waals surface area contributed by atoms with E-state index in [1.807, 2.05) is 17.9 Å². The molecule has 2 unspecified atom stereocenters. The topological polar surface area (TPSA) is 75.0 Å². The molecular formula is C25H26N4O3S. The number of amides is 1. The molecule has 4 heterocycles. The second-order valence-electron chi connectivity index (χ2n) is 8.82. The van der Waals surface area contributed by atoms with E-state index in [9.17, 15) is 13.2 Å². The zero-order valence-electron chi connectivity index (χ0n) is 18.5. The molecule has 3 aromatic rings. The number of hydrogen-bond donors (Lipinski definition) is 0. The fourth-order valence-corrected chi connectivity index (χ4v) is 6.51. The van der Waals surface area contributed by atoms with E-state index in [0.29, 0.717) is 18.7 Å². The molecule has 0 N–H and O–H groups in total. The highest BCUT2D eigenvalue weighted by Gasteiger charge is 2.41. The number of anilines is 1. The molecule has 2 aliphatic rings. The maximum Gasteiger partial charge on any atom is 0.223 e. The van der Waals surface area contributed by atoms with Gasteiger partial charge in [0.25, 0.3) is 0 Å². The first-order valence-electron chi connectivity index (χ1n) is 11.2. The second-order valence-corrected chi connectivity index (χ2v) is 10.9. The normalized spacial score (nSPS) is 20.2. The molecule has 2 atom stereocenters. The number of aromatic nitrogens is 2. The minimum absolute atomic E-state index is 0.0291. The van der Waals surface area contributed by atoms with Gasteiger partial charge in [-0.25, -0.2) is 13.4 Å². The Bertz CT molecular complexity index is 1360. The predicted octanol–water partition coefficient (Wildman–Crippen LogP) is 2.67. The summed E-state index contributed by atoms with van der Waals surface area (Å²) >= 11 is 0. The molecule has 2 bridgehead atoms. The number of benzene rings is 1. The molecule has 2 aromatic heterocycles. The summed E-state index contributed by atoms with van der Waals surface area (Å²) in [5, 5.41) is 0.166. The monoisotopic (exact) mass is 462 g/mol. The van der Waals surface area contributed by atoms with Crippen LogP contribution >= 0.6 is 0 Å². The molecule has 7 nitrogen and oxygen atoms in total. The first-order valence-corrected chi connectivity index (χ1v) is 12.8. The molecule has 2 saturated heterocycles. The molecule has 2 aliphatic heterocycles. The zero-order valence-corrected chi connectivity index (χ0v) is 19.3. The molecule has 0 radical (unpaired) electrons. The Hall–Kier alpha value is -3.31. The van der Waals surface area contributed by atoms with E-state index in [1.165, 1.54) is 0 Å². The lowest BCUT2D eigenvalue weighted by Gasteiger charge is -2.42. The number of carbonyl (C=O) groups excluding carboxylic acids is 1. The number of carbonyl (C=O) groups is 1. The number of aryl methyl sites for hydroxylation is 1. The van der Waals surface area contributed by atoms with Crippen molar-refractivity contribution in [1.29, 1.82) is 0 Å². The van der Waals surface area contributed by atoms with Crippen molar-refractivity contribution in [2.24, 2.45) is 0 Å². The highest BCUT2D eigenvalue weighted by atomic mass is 32.2. The number of fused-ring (bicyclic) bond motifs is 3. The number of rotatable bonds is 5. The molecule has 1 aromatic carbocycles. The zero-order chi connectivity index (χ0) is 23.2. The molecule has 8 heteroatoms. The molecule has 170 valence electrons. The third-order valence-corrected chi connectivity index (χ3v) is 8.52. The van der Waals surface area contributed by atoms with Crippen molar-refractivity contribution in [2.75, 3.05) is 23.7 Å². The van der Waals surface area contributed by atoms with Gasteiger partial charge in [-0.15, -0.1) is 6.42 Å². The first-order chi connectivity index (χ1) is 15.9. The smallest absolute Gasteiger partial charge is 0.223 e. The lowest BCUT2D eigenvalue weighted by atomic mass is 10.1. The molecule has 2 fully saturated rings. The van der Waals surface area contributed by atoms with Gasteiger partial charge in [0, 0.05) is 55.2 Å². The average Bonchev–Trinajstić information content (AvgIpc) is 3.39. The minimum Gasteiger partial charge on any atom is -0.362 e. The van der Waals surface area contributed by atoms with Gasteiger partial charge in [0.1, 0.15) is 10.7 Å². The lowest BCUT2D eigenvalue weighted by Crippen LogP contribution is -2.55. The Morgan fingerprint density at radius 2 is 1.94 bits per heavy atom. The van der Waals surface area contributed by atoms with Gasteiger partial charge < -0.3 is 9.80 Å². The standard InChI is InChI=1S/C25H26N4O3S/c1-3-19-15-20(8-7-18(19)2)29-21-9-10-22(29)17-27(16-21)24(30)11-14-33(31,32)25-6-4-5-23-26-12-13-28(23)25/h1,4-8,12-13,15,21-22H,9-11,14,16-17H2,2H3. The summed E-state index contributed by atoms with van der Waals surface area (Å²) in [4.78, 5) is 21.4. The molecule has 0 spiro atoms. The van der Waals surface area contributed by atoms with Gasteiger partial charge in [-0.05, 0) is 49.6 Å². The molecule has 1 amide bonds. The summed E-state index contributed by atoms with van der Waals surface area (Å²) in [5.74, 6) is 2.42. The summed E-state index contributed by atoms with van der Waals surface area (Å²) in [6.45, 7) is 3.21. The molecule has 33 heavy (non-hydrogen) atoms. The van der Waals surface area contributed by atoms with Crippen LogP contribution in [-0.4, -0.2) is 59.5 Å². The Morgan fingerprint density at radius 3 is 2.67 bits per heavy atom. The van der Waals surface area contributed by atoms with Crippen molar-refractivity contribution < 1.29 is 13.2 Å². The van der Waals surface area contributed by atoms with E-state index in [2.05, 4.69) is 27.9 Å². The number of pyridine rings is 1. The molecule has 5 rings (SSSR count). The number of nitrogens with zero attached hydrogens (tertiary/aromatic N) is 4. The van der Waals surface area contributed by atoms with Crippen molar-refractivity contribution in [3.05, 3.63) is 59.9 Å². The molecule has 0 saturated carbocycles. The van der Waals surface area contributed by atoms with Gasteiger partial charge in [-0.3, -0.25) is 9.20 Å². The van der Waals surface area contributed by atoms with Crippen LogP contribution in [-0.2, 0) is 14.6 Å². The van der Waals surface area contributed by atoms with Crippen molar-refractivity contribution in [2.45, 2.75) is 43.3 Å². The van der Waals surface area contributed by atoms with Crippen molar-refractivity contribution in [3.63, 3.8) is 0 Å². The van der Waals surface area contributed by atoms with Crippen LogP contribution in [0.15, 0.2) is 53.8 Å². The number of likely N-dealkylation sites (tertiary alicyclic amines) is 1. The number of imidazole rings is 1. The Balaban J connectivity index is 1.27. The van der Waals surface area contributed by atoms with E-state index in [4.69, 9.17) is 6.42 Å². The van der Waals surface area contributed by atoms with Crippen LogP contribution in [0.1, 0.15) is 30.4 Å². The van der Waals surface area contributed by atoms with Crippen molar-refractivity contribution in [1.82, 2.24) is 14.3 Å². The minimum atomic E-state index is -3.62. The van der Waals surface area contributed by atoms with Gasteiger partial charge in [0.15, 0.2) is 9.84 Å². The maximum atomic E-state index is 13.0. The third kappa shape index (κ3) is 3.87. The van der Waals surface area contributed by atoms with Crippen LogP contribution in [0.4, 0.5) is 5.69 Å². The predicted molar refractivity (Wildman–Crippen MR) is 127 cm³/mol. The van der Waals surface area contributed by atoms with Gasteiger partial charge in [0.05, 0.1) is 5.75 Å². The molecule has 0 aliphatic carbocycles. The van der Waals surface area contributed by atoms with Crippen molar-refractivity contribution in [3.8, 4) is 12.3 Å². The van der Waals surface area contributed by atoms with Crippen molar-refractivity contribution >= 4 is 27.1 Å². The quantitative estimate of drug-likeness (QED) is 0.545. The first kappa shape index (κ1) is 21.5. The van der Waals surface area contributed by atoms with Gasteiger partial charge in [0.2, 0.25) is 5.91 Å². The van der Waals surface area contributed by atoms with Gasteiger partial charge >= 0.3 is 0 Å². The van der Waals surface area contributed by atoms with Crippen LogP contribution in [0.3, 0.4) is 0 Å². The highest BCUT2D eigenvalue weighted by molar-refractivity contribution is 7.91. The van der Waals surface area contributed by atoms with E-state index >= 15 is 0 Å². The summed E-state index contributed by atoms with van der Waals surface area (Å²) < 4.78 is 27.5. The van der Waals surface area contributed by atoms with Crippen LogP contribution in [0.25, 0.3) is 5.65 Å². The van der Waals surface area contributed by atoms with Crippen LogP contribution < -0.4 is 4.90 Å². The van der Waals surface area contributed by atoms with E-state index < -0.39 is 9.84 Å². The summed E-state index contributed by atoms with van der Waals surface area (Å²) in [6.07, 6.45) is 10.8. The number of hydrogen-bond acceptors (Lipinski definition) is 5. The Labute approximate surface area is 193 Å². The lowest BCUT2D eigenvalue weighted by molar-refractivity contribution is -0.131. The average molecular weight is 463 g/mol. The summed E-state index contributed by atoms with van der Waals surface area (Å²) in [7, 11) is -3.62. The fraction of sp³-hybridized carbons (Fsp3) is 0.360. The third-order valence-electron chi connectivity index (χ3n) is 6.80. The van der Waals surface area contributed by atoms with Crippen LogP contribution in [0.5, 0.6) is 0 Å². The Kier molecular flexibility index (Phi) is 5.37. The second kappa shape index (κ2) is 8.23. The van der Waals surface area contributed by atoms with Gasteiger partial charge in [-0.2, -0.15) is 0 Å². The van der Waals surface area contributed by atoms with E-state index in [-0.39, 0.29) is 35.2 Å². The Morgan fingerprint density at radius 1 is 1.18 bits per heavy atom. The number of piperazine rings is 1. The van der Waals surface area contributed by atoms with E-state index in [0.717, 1.165) is 29.7 Å². The highest BCUT2D eigenvalue weighted by Crippen LogP contribution is 2.36. The largest absolute Gasteiger partial charge is 0.362 e. The summed E-state index contributed by atoms with van der Waals surface area (Å²) in [5.41, 5.74) is 3.64. The number of sulfone groups is 1. The maximum absolute atomic E-state index is 13.0.